The summed E-state index contributed by atoms with van der Waals surface area (Å²) in [6.07, 6.45) is -1.00. The lowest BCUT2D eigenvalue weighted by molar-refractivity contribution is 0.0608. The molecular weight excluding hydrogens is 282 g/mol. The van der Waals surface area contributed by atoms with Crippen LogP contribution in [0.4, 0.5) is 10.5 Å². The second-order valence-electron chi connectivity index (χ2n) is 5.44. The molecule has 0 fully saturated rings. The predicted octanol–water partition coefficient (Wildman–Crippen LogP) is 1.95. The first-order chi connectivity index (χ1) is 9.12. The first kappa shape index (κ1) is 14.5. The van der Waals surface area contributed by atoms with Crippen LogP contribution in [0.3, 0.4) is 0 Å². The van der Waals surface area contributed by atoms with E-state index in [9.17, 15) is 18.0 Å². The summed E-state index contributed by atoms with van der Waals surface area (Å²) in [6.45, 7) is 4.91. The molecule has 0 saturated carbocycles. The van der Waals surface area contributed by atoms with Crippen molar-refractivity contribution >= 4 is 27.6 Å². The summed E-state index contributed by atoms with van der Waals surface area (Å²) in [4.78, 5) is 23.9. The highest BCUT2D eigenvalue weighted by Crippen LogP contribution is 2.30. The van der Waals surface area contributed by atoms with Crippen molar-refractivity contribution in [1.29, 1.82) is 0 Å². The molecule has 0 N–H and O–H groups in total. The molecule has 108 valence electrons. The van der Waals surface area contributed by atoms with E-state index < -0.39 is 33.3 Å². The maximum atomic E-state index is 12.1. The van der Waals surface area contributed by atoms with Gasteiger partial charge in [-0.2, -0.15) is 4.31 Å². The fraction of sp³-hybridized carbons (Fsp3) is 0.385. The molecule has 1 aromatic carbocycles. The monoisotopic (exact) mass is 297 g/mol. The SMILES string of the molecule is CC(C)(C)OC(=O)N1c2ccccc2C(=O)CS1(=O)=O. The van der Waals surface area contributed by atoms with Gasteiger partial charge in [-0.1, -0.05) is 12.1 Å². The predicted molar refractivity (Wildman–Crippen MR) is 73.3 cm³/mol. The number of rotatable bonds is 0. The number of nitrogens with zero attached hydrogens (tertiary/aromatic N) is 1. The smallest absolute Gasteiger partial charge is 0.428 e. The highest BCUT2D eigenvalue weighted by Gasteiger charge is 2.40. The minimum atomic E-state index is -4.05. The number of anilines is 1. The van der Waals surface area contributed by atoms with Crippen LogP contribution in [0.1, 0.15) is 31.1 Å². The van der Waals surface area contributed by atoms with Crippen LogP contribution in [0.15, 0.2) is 24.3 Å². The zero-order chi connectivity index (χ0) is 15.1. The van der Waals surface area contributed by atoms with Gasteiger partial charge in [0.1, 0.15) is 11.4 Å². The summed E-state index contributed by atoms with van der Waals surface area (Å²) in [5.41, 5.74) is -0.589. The highest BCUT2D eigenvalue weighted by atomic mass is 32.2. The summed E-state index contributed by atoms with van der Waals surface area (Å²) in [5, 5.41) is 0. The lowest BCUT2D eigenvalue weighted by atomic mass is 10.1. The van der Waals surface area contributed by atoms with Gasteiger partial charge in [-0.15, -0.1) is 0 Å². The molecule has 1 heterocycles. The van der Waals surface area contributed by atoms with Crippen LogP contribution < -0.4 is 4.31 Å². The van der Waals surface area contributed by atoms with Crippen molar-refractivity contribution in [3.05, 3.63) is 29.8 Å². The van der Waals surface area contributed by atoms with E-state index in [0.717, 1.165) is 0 Å². The van der Waals surface area contributed by atoms with Crippen LogP contribution >= 0.6 is 0 Å². The molecule has 0 unspecified atom stereocenters. The molecule has 1 aliphatic heterocycles. The van der Waals surface area contributed by atoms with Gasteiger partial charge < -0.3 is 4.74 Å². The van der Waals surface area contributed by atoms with Crippen molar-refractivity contribution in [2.45, 2.75) is 26.4 Å². The van der Waals surface area contributed by atoms with Gasteiger partial charge in [-0.05, 0) is 32.9 Å². The molecular formula is C13H15NO5S. The molecule has 0 aliphatic carbocycles. The summed E-state index contributed by atoms with van der Waals surface area (Å²) >= 11 is 0. The van der Waals surface area contributed by atoms with Crippen molar-refractivity contribution in [1.82, 2.24) is 0 Å². The van der Waals surface area contributed by atoms with Crippen molar-refractivity contribution in [2.24, 2.45) is 0 Å². The fourth-order valence-electron chi connectivity index (χ4n) is 1.86. The molecule has 0 atom stereocenters. The number of benzene rings is 1. The molecule has 1 amide bonds. The molecule has 0 aromatic heterocycles. The number of fused-ring (bicyclic) bond motifs is 1. The highest BCUT2D eigenvalue weighted by molar-refractivity contribution is 7.94. The number of carbonyl (C=O) groups excluding carboxylic acids is 2. The van der Waals surface area contributed by atoms with Crippen LogP contribution in [0.2, 0.25) is 0 Å². The third kappa shape index (κ3) is 2.67. The van der Waals surface area contributed by atoms with Crippen LogP contribution in [0.5, 0.6) is 0 Å². The van der Waals surface area contributed by atoms with Crippen LogP contribution in [0.25, 0.3) is 0 Å². The van der Waals surface area contributed by atoms with E-state index in [4.69, 9.17) is 4.74 Å². The van der Waals surface area contributed by atoms with Gasteiger partial charge in [0.05, 0.1) is 5.69 Å². The van der Waals surface area contributed by atoms with Crippen molar-refractivity contribution < 1.29 is 22.7 Å². The zero-order valence-corrected chi connectivity index (χ0v) is 12.2. The van der Waals surface area contributed by atoms with Crippen molar-refractivity contribution in [3.8, 4) is 0 Å². The van der Waals surface area contributed by atoms with E-state index >= 15 is 0 Å². The second kappa shape index (κ2) is 4.59. The number of amides is 1. The molecule has 1 aliphatic rings. The number of para-hydroxylation sites is 1. The summed E-state index contributed by atoms with van der Waals surface area (Å²) in [7, 11) is -4.05. The van der Waals surface area contributed by atoms with Gasteiger partial charge >= 0.3 is 6.09 Å². The molecule has 0 spiro atoms. The molecule has 1 aromatic rings. The normalized spacial score (nSPS) is 17.6. The number of Topliss-reactive ketones (excluding diaryl/α,β-unsaturated/α-hetero) is 1. The largest absolute Gasteiger partial charge is 0.443 e. The minimum absolute atomic E-state index is 0.0398. The molecule has 2 rings (SSSR count). The minimum Gasteiger partial charge on any atom is -0.443 e. The Morgan fingerprint density at radius 1 is 1.25 bits per heavy atom. The summed E-state index contributed by atoms with van der Waals surface area (Å²) in [6, 6.07) is 6.07. The Hall–Kier alpha value is -1.89. The third-order valence-electron chi connectivity index (χ3n) is 2.57. The van der Waals surface area contributed by atoms with Gasteiger partial charge in [0.15, 0.2) is 5.78 Å². The molecule has 7 heteroatoms. The number of carbonyl (C=O) groups is 2. The van der Waals surface area contributed by atoms with Gasteiger partial charge in [0.2, 0.25) is 0 Å². The maximum absolute atomic E-state index is 12.1. The lowest BCUT2D eigenvalue weighted by Gasteiger charge is -2.30. The van der Waals surface area contributed by atoms with Crippen LogP contribution in [-0.2, 0) is 14.8 Å². The first-order valence-electron chi connectivity index (χ1n) is 6.00. The molecule has 20 heavy (non-hydrogen) atoms. The lowest BCUT2D eigenvalue weighted by Crippen LogP contribution is -2.46. The summed E-state index contributed by atoms with van der Waals surface area (Å²) in [5.74, 6) is -1.26. The van der Waals surface area contributed by atoms with E-state index in [1.807, 2.05) is 0 Å². The van der Waals surface area contributed by atoms with Crippen LogP contribution in [0, 0.1) is 0 Å². The van der Waals surface area contributed by atoms with Gasteiger partial charge in [-0.3, -0.25) is 4.79 Å². The van der Waals surface area contributed by atoms with Gasteiger partial charge in [-0.25, -0.2) is 13.2 Å². The Kier molecular flexibility index (Phi) is 3.33. The average molecular weight is 297 g/mol. The van der Waals surface area contributed by atoms with E-state index in [0.29, 0.717) is 4.31 Å². The van der Waals surface area contributed by atoms with E-state index in [1.54, 1.807) is 32.9 Å². The number of ether oxygens (including phenoxy) is 1. The average Bonchev–Trinajstić information content (AvgIpc) is 2.25. The Morgan fingerprint density at radius 2 is 1.85 bits per heavy atom. The zero-order valence-electron chi connectivity index (χ0n) is 11.4. The third-order valence-corrected chi connectivity index (χ3v) is 4.10. The summed E-state index contributed by atoms with van der Waals surface area (Å²) < 4.78 is 29.8. The Bertz CT molecular complexity index is 672. The maximum Gasteiger partial charge on any atom is 0.428 e. The van der Waals surface area contributed by atoms with Crippen molar-refractivity contribution in [2.75, 3.05) is 10.1 Å². The molecule has 6 nitrogen and oxygen atoms in total. The number of sulfonamides is 1. The van der Waals surface area contributed by atoms with Crippen molar-refractivity contribution in [3.63, 3.8) is 0 Å². The fourth-order valence-corrected chi connectivity index (χ4v) is 3.20. The topological polar surface area (TPSA) is 80.8 Å². The molecule has 0 bridgehead atoms. The number of hydrogen-bond donors (Lipinski definition) is 0. The van der Waals surface area contributed by atoms with Gasteiger partial charge in [0.25, 0.3) is 10.0 Å². The first-order valence-corrected chi connectivity index (χ1v) is 7.61. The Morgan fingerprint density at radius 3 is 2.45 bits per heavy atom. The second-order valence-corrected chi connectivity index (χ2v) is 7.26. The van der Waals surface area contributed by atoms with Gasteiger partial charge in [0, 0.05) is 5.56 Å². The standard InChI is InChI=1S/C13H15NO5S/c1-13(2,3)19-12(16)14-10-7-5-4-6-9(10)11(15)8-20(14,17)18/h4-7H,8H2,1-3H3. The molecule has 0 radical (unpaired) electrons. The van der Waals surface area contributed by atoms with E-state index in [1.165, 1.54) is 12.1 Å². The van der Waals surface area contributed by atoms with E-state index in [-0.39, 0.29) is 11.3 Å². The Balaban J connectivity index is 2.53. The number of hydrogen-bond acceptors (Lipinski definition) is 5. The van der Waals surface area contributed by atoms with E-state index in [2.05, 4.69) is 0 Å². The Labute approximate surface area is 117 Å². The molecule has 0 saturated heterocycles. The number of ketones is 1. The van der Waals surface area contributed by atoms with Crippen LogP contribution in [-0.4, -0.2) is 31.6 Å². The quantitative estimate of drug-likeness (QED) is 0.731.